The van der Waals surface area contributed by atoms with Crippen LogP contribution < -0.4 is 14.5 Å². The van der Waals surface area contributed by atoms with Gasteiger partial charge in [0.2, 0.25) is 11.7 Å². The van der Waals surface area contributed by atoms with Gasteiger partial charge in [-0.2, -0.15) is 4.98 Å². The Morgan fingerprint density at radius 2 is 1.88 bits per heavy atom. The van der Waals surface area contributed by atoms with E-state index in [0.717, 1.165) is 68.0 Å². The van der Waals surface area contributed by atoms with Crippen molar-refractivity contribution in [3.8, 4) is 17.1 Å². The van der Waals surface area contributed by atoms with Gasteiger partial charge in [-0.3, -0.25) is 4.90 Å². The van der Waals surface area contributed by atoms with Gasteiger partial charge < -0.3 is 19.1 Å². The zero-order valence-electron chi connectivity index (χ0n) is 19.5. The van der Waals surface area contributed by atoms with Crippen LogP contribution in [-0.4, -0.2) is 66.4 Å². The fourth-order valence-corrected chi connectivity index (χ4v) is 4.77. The molecule has 0 saturated carbocycles. The number of aromatic nitrogens is 3. The Morgan fingerprint density at radius 1 is 1.03 bits per heavy atom. The van der Waals surface area contributed by atoms with Crippen LogP contribution in [0.25, 0.3) is 11.4 Å². The molecule has 2 saturated heterocycles. The number of pyridine rings is 1. The van der Waals surface area contributed by atoms with Crippen LogP contribution in [0.1, 0.15) is 25.7 Å². The molecule has 1 atom stereocenters. The number of piperazine rings is 1. The molecule has 174 valence electrons. The summed E-state index contributed by atoms with van der Waals surface area (Å²) in [5.74, 6) is 3.91. The highest BCUT2D eigenvalue weighted by Crippen LogP contribution is 2.29. The Labute approximate surface area is 195 Å². The van der Waals surface area contributed by atoms with Crippen LogP contribution in [0.4, 0.5) is 11.5 Å². The summed E-state index contributed by atoms with van der Waals surface area (Å²) in [6, 6.07) is 12.3. The van der Waals surface area contributed by atoms with E-state index in [9.17, 15) is 0 Å². The summed E-state index contributed by atoms with van der Waals surface area (Å²) in [5, 5.41) is 4.20. The molecule has 4 heterocycles. The van der Waals surface area contributed by atoms with E-state index in [1.54, 1.807) is 7.11 Å². The summed E-state index contributed by atoms with van der Waals surface area (Å²) < 4.78 is 11.1. The molecule has 1 unspecified atom stereocenters. The van der Waals surface area contributed by atoms with Gasteiger partial charge in [-0.05, 0) is 43.0 Å². The van der Waals surface area contributed by atoms with Gasteiger partial charge >= 0.3 is 0 Å². The predicted molar refractivity (Wildman–Crippen MR) is 129 cm³/mol. The molecule has 8 nitrogen and oxygen atoms in total. The van der Waals surface area contributed by atoms with Crippen molar-refractivity contribution in [2.75, 3.05) is 56.2 Å². The van der Waals surface area contributed by atoms with Gasteiger partial charge in [-0.25, -0.2) is 4.98 Å². The van der Waals surface area contributed by atoms with E-state index in [-0.39, 0.29) is 0 Å². The number of nitrogens with zero attached hydrogens (tertiary/aromatic N) is 6. The molecule has 1 aromatic carbocycles. The molecule has 0 aliphatic carbocycles. The van der Waals surface area contributed by atoms with Crippen LogP contribution in [0.5, 0.6) is 5.75 Å². The van der Waals surface area contributed by atoms with E-state index in [2.05, 4.69) is 54.9 Å². The van der Waals surface area contributed by atoms with Crippen LogP contribution in [0, 0.1) is 5.92 Å². The van der Waals surface area contributed by atoms with Crippen LogP contribution in [0.2, 0.25) is 0 Å². The summed E-state index contributed by atoms with van der Waals surface area (Å²) in [6.07, 6.45) is 4.39. The maximum absolute atomic E-state index is 5.56. The smallest absolute Gasteiger partial charge is 0.241 e. The van der Waals surface area contributed by atoms with E-state index in [0.29, 0.717) is 18.3 Å². The second-order valence-electron chi connectivity index (χ2n) is 9.05. The van der Waals surface area contributed by atoms with Crippen molar-refractivity contribution in [2.24, 2.45) is 5.92 Å². The Hall–Kier alpha value is -3.13. The van der Waals surface area contributed by atoms with Crippen molar-refractivity contribution < 1.29 is 9.26 Å². The first-order valence-corrected chi connectivity index (χ1v) is 11.8. The number of para-hydroxylation sites is 2. The van der Waals surface area contributed by atoms with Crippen molar-refractivity contribution in [3.05, 3.63) is 48.5 Å². The number of rotatable bonds is 6. The molecule has 0 amide bonds. The summed E-state index contributed by atoms with van der Waals surface area (Å²) in [7, 11) is 1.72. The quantitative estimate of drug-likeness (QED) is 0.565. The Kier molecular flexibility index (Phi) is 6.44. The standard InChI is InChI=1S/C25H32N6O2/c1-19-6-5-11-31(17-19)23-10-9-20(16-26-23)25-27-24(33-28-25)18-29-12-14-30(15-13-29)21-7-3-4-8-22(21)32-2/h3-4,7-10,16,19H,5-6,11-15,17-18H2,1-2H3. The first-order chi connectivity index (χ1) is 16.2. The fraction of sp³-hybridized carbons (Fsp3) is 0.480. The van der Waals surface area contributed by atoms with E-state index in [1.807, 2.05) is 24.4 Å². The monoisotopic (exact) mass is 448 g/mol. The molecule has 0 N–H and O–H groups in total. The summed E-state index contributed by atoms with van der Waals surface area (Å²) in [4.78, 5) is 16.4. The molecule has 2 aliphatic rings. The molecule has 2 aliphatic heterocycles. The first-order valence-electron chi connectivity index (χ1n) is 11.8. The third-order valence-electron chi connectivity index (χ3n) is 6.61. The Bertz CT molecular complexity index is 1050. The van der Waals surface area contributed by atoms with Crippen molar-refractivity contribution in [3.63, 3.8) is 0 Å². The van der Waals surface area contributed by atoms with Crippen LogP contribution in [0.15, 0.2) is 47.1 Å². The second-order valence-corrected chi connectivity index (χ2v) is 9.05. The minimum absolute atomic E-state index is 0.601. The van der Waals surface area contributed by atoms with Gasteiger partial charge in [0.05, 0.1) is 19.3 Å². The Balaban J connectivity index is 1.17. The molecule has 33 heavy (non-hydrogen) atoms. The van der Waals surface area contributed by atoms with E-state index >= 15 is 0 Å². The van der Waals surface area contributed by atoms with E-state index < -0.39 is 0 Å². The number of hydrogen-bond donors (Lipinski definition) is 0. The molecule has 0 spiro atoms. The third-order valence-corrected chi connectivity index (χ3v) is 6.61. The average molecular weight is 449 g/mol. The minimum Gasteiger partial charge on any atom is -0.495 e. The maximum atomic E-state index is 5.56. The number of hydrogen-bond acceptors (Lipinski definition) is 8. The zero-order chi connectivity index (χ0) is 22.6. The molecule has 5 rings (SSSR count). The SMILES string of the molecule is COc1ccccc1N1CCN(Cc2nc(-c3ccc(N4CCCC(C)C4)nc3)no2)CC1. The molecule has 2 fully saturated rings. The highest BCUT2D eigenvalue weighted by molar-refractivity contribution is 5.59. The van der Waals surface area contributed by atoms with Crippen LogP contribution in [-0.2, 0) is 6.54 Å². The maximum Gasteiger partial charge on any atom is 0.241 e. The molecule has 0 radical (unpaired) electrons. The lowest BCUT2D eigenvalue weighted by molar-refractivity contribution is 0.215. The molecule has 3 aromatic rings. The number of anilines is 2. The summed E-state index contributed by atoms with van der Waals surface area (Å²) in [5.41, 5.74) is 2.04. The van der Waals surface area contributed by atoms with Crippen molar-refractivity contribution >= 4 is 11.5 Å². The van der Waals surface area contributed by atoms with Gasteiger partial charge in [-0.1, -0.05) is 24.2 Å². The van der Waals surface area contributed by atoms with Crippen molar-refractivity contribution in [2.45, 2.75) is 26.3 Å². The van der Waals surface area contributed by atoms with Gasteiger partial charge in [0.1, 0.15) is 11.6 Å². The third kappa shape index (κ3) is 4.95. The normalized spacial score (nSPS) is 19.6. The predicted octanol–water partition coefficient (Wildman–Crippen LogP) is 3.70. The Morgan fingerprint density at radius 3 is 2.64 bits per heavy atom. The zero-order valence-corrected chi connectivity index (χ0v) is 19.5. The fourth-order valence-electron chi connectivity index (χ4n) is 4.77. The molecular formula is C25H32N6O2. The van der Waals surface area contributed by atoms with Crippen LogP contribution in [0.3, 0.4) is 0 Å². The van der Waals surface area contributed by atoms with E-state index in [1.165, 1.54) is 12.8 Å². The molecular weight excluding hydrogens is 416 g/mol. The first kappa shape index (κ1) is 21.7. The number of piperidine rings is 1. The lowest BCUT2D eigenvalue weighted by Gasteiger charge is -2.35. The molecule has 8 heteroatoms. The van der Waals surface area contributed by atoms with Crippen molar-refractivity contribution in [1.29, 1.82) is 0 Å². The van der Waals surface area contributed by atoms with Gasteiger partial charge in [-0.15, -0.1) is 0 Å². The lowest BCUT2D eigenvalue weighted by atomic mass is 10.0. The van der Waals surface area contributed by atoms with Gasteiger partial charge in [0.15, 0.2) is 0 Å². The van der Waals surface area contributed by atoms with Crippen LogP contribution >= 0.6 is 0 Å². The van der Waals surface area contributed by atoms with Gasteiger partial charge in [0.25, 0.3) is 0 Å². The summed E-state index contributed by atoms with van der Waals surface area (Å²) in [6.45, 7) is 8.84. The highest BCUT2D eigenvalue weighted by Gasteiger charge is 2.22. The minimum atomic E-state index is 0.601. The molecule has 0 bridgehead atoms. The highest BCUT2D eigenvalue weighted by atomic mass is 16.5. The lowest BCUT2D eigenvalue weighted by Crippen LogP contribution is -2.46. The average Bonchev–Trinajstić information content (AvgIpc) is 3.33. The second kappa shape index (κ2) is 9.79. The molecule has 2 aromatic heterocycles. The largest absolute Gasteiger partial charge is 0.495 e. The number of methoxy groups -OCH3 is 1. The van der Waals surface area contributed by atoms with E-state index in [4.69, 9.17) is 9.26 Å². The topological polar surface area (TPSA) is 70.8 Å². The number of ether oxygens (including phenoxy) is 1. The van der Waals surface area contributed by atoms with Gasteiger partial charge in [0, 0.05) is 51.0 Å². The summed E-state index contributed by atoms with van der Waals surface area (Å²) >= 11 is 0. The number of benzene rings is 1. The van der Waals surface area contributed by atoms with Crippen molar-refractivity contribution in [1.82, 2.24) is 20.0 Å².